The Morgan fingerprint density at radius 2 is 1.85 bits per heavy atom. The Morgan fingerprint density at radius 3 is 2.42 bits per heavy atom. The number of likely N-dealkylation sites (N-methyl/N-ethyl adjacent to an activating group) is 1. The molecule has 3 rings (SSSR count). The average molecular weight is 357 g/mol. The number of piperidine rings is 1. The summed E-state index contributed by atoms with van der Waals surface area (Å²) in [7, 11) is 1.83. The first kappa shape index (κ1) is 18.9. The molecule has 1 aromatic rings. The number of nitrogens with zero attached hydrogens (tertiary/aromatic N) is 2. The molecule has 2 aliphatic rings. The van der Waals surface area contributed by atoms with Crippen molar-refractivity contribution in [3.8, 4) is 0 Å². The second-order valence-electron chi connectivity index (χ2n) is 8.30. The maximum atomic E-state index is 13.0. The van der Waals surface area contributed by atoms with Gasteiger partial charge >= 0.3 is 0 Å². The monoisotopic (exact) mass is 357 g/mol. The third-order valence-corrected chi connectivity index (χ3v) is 5.80. The van der Waals surface area contributed by atoms with E-state index in [0.29, 0.717) is 12.3 Å². The number of hydrogen-bond donors (Lipinski definition) is 1. The molecular weight excluding hydrogens is 326 g/mol. The van der Waals surface area contributed by atoms with E-state index in [9.17, 15) is 9.59 Å². The largest absolute Gasteiger partial charge is 0.342 e. The van der Waals surface area contributed by atoms with Crippen molar-refractivity contribution in [3.63, 3.8) is 0 Å². The quantitative estimate of drug-likeness (QED) is 0.881. The SMILES string of the molecule is CNC(C(=O)N1CCC2(CC1)CC(=O)N(CC(C)C)C2)c1ccccc1. The molecule has 0 aliphatic carbocycles. The van der Waals surface area contributed by atoms with E-state index in [1.165, 1.54) is 0 Å². The van der Waals surface area contributed by atoms with Crippen LogP contribution in [-0.4, -0.2) is 54.8 Å². The van der Waals surface area contributed by atoms with Gasteiger partial charge in [0.25, 0.3) is 0 Å². The fraction of sp³-hybridized carbons (Fsp3) is 0.619. The van der Waals surface area contributed by atoms with Crippen LogP contribution in [0.2, 0.25) is 0 Å². The van der Waals surface area contributed by atoms with Crippen molar-refractivity contribution in [3.05, 3.63) is 35.9 Å². The Bertz CT molecular complexity index is 636. The van der Waals surface area contributed by atoms with Gasteiger partial charge in [0, 0.05) is 38.0 Å². The lowest BCUT2D eigenvalue weighted by Crippen LogP contribution is -2.47. The van der Waals surface area contributed by atoms with Gasteiger partial charge in [0.15, 0.2) is 0 Å². The lowest BCUT2D eigenvalue weighted by atomic mass is 9.77. The molecule has 0 bridgehead atoms. The standard InChI is InChI=1S/C21H31N3O2/c1-16(2)14-24-15-21(13-18(24)25)9-11-23(12-10-21)20(26)19(22-3)17-7-5-4-6-8-17/h4-8,16,19,22H,9-15H2,1-3H3. The lowest BCUT2D eigenvalue weighted by Gasteiger charge is -2.40. The molecule has 5 nitrogen and oxygen atoms in total. The molecule has 0 aromatic heterocycles. The van der Waals surface area contributed by atoms with Gasteiger partial charge in [-0.2, -0.15) is 0 Å². The van der Waals surface area contributed by atoms with Crippen LogP contribution in [0.15, 0.2) is 30.3 Å². The summed E-state index contributed by atoms with van der Waals surface area (Å²) in [4.78, 5) is 29.4. The molecule has 1 N–H and O–H groups in total. The minimum absolute atomic E-state index is 0.0740. The Hall–Kier alpha value is -1.88. The zero-order valence-electron chi connectivity index (χ0n) is 16.2. The van der Waals surface area contributed by atoms with Crippen LogP contribution in [0.3, 0.4) is 0 Å². The maximum absolute atomic E-state index is 13.0. The van der Waals surface area contributed by atoms with Crippen LogP contribution in [-0.2, 0) is 9.59 Å². The van der Waals surface area contributed by atoms with E-state index in [-0.39, 0.29) is 23.3 Å². The summed E-state index contributed by atoms with van der Waals surface area (Å²) < 4.78 is 0. The third-order valence-electron chi connectivity index (χ3n) is 5.80. The van der Waals surface area contributed by atoms with Crippen LogP contribution in [0.25, 0.3) is 0 Å². The Balaban J connectivity index is 1.61. The number of carbonyl (C=O) groups excluding carboxylic acids is 2. The van der Waals surface area contributed by atoms with Crippen molar-refractivity contribution in [2.24, 2.45) is 11.3 Å². The summed E-state index contributed by atoms with van der Waals surface area (Å²) in [5, 5.41) is 3.16. The van der Waals surface area contributed by atoms with E-state index in [4.69, 9.17) is 0 Å². The predicted molar refractivity (Wildman–Crippen MR) is 103 cm³/mol. The fourth-order valence-corrected chi connectivity index (χ4v) is 4.39. The van der Waals surface area contributed by atoms with Gasteiger partial charge in [-0.3, -0.25) is 9.59 Å². The van der Waals surface area contributed by atoms with Crippen LogP contribution in [0.1, 0.15) is 44.7 Å². The van der Waals surface area contributed by atoms with Gasteiger partial charge in [0.2, 0.25) is 11.8 Å². The molecule has 0 saturated carbocycles. The van der Waals surface area contributed by atoms with E-state index >= 15 is 0 Å². The number of amides is 2. The predicted octanol–water partition coefficient (Wildman–Crippen LogP) is 2.44. The minimum atomic E-state index is -0.298. The maximum Gasteiger partial charge on any atom is 0.244 e. The van der Waals surface area contributed by atoms with Crippen molar-refractivity contribution >= 4 is 11.8 Å². The van der Waals surface area contributed by atoms with E-state index in [1.54, 1.807) is 0 Å². The summed E-state index contributed by atoms with van der Waals surface area (Å²) in [6.45, 7) is 7.50. The Kier molecular flexibility index (Phi) is 5.66. The van der Waals surface area contributed by atoms with Crippen LogP contribution in [0.5, 0.6) is 0 Å². The molecule has 2 aliphatic heterocycles. The second kappa shape index (κ2) is 7.78. The number of nitrogens with one attached hydrogen (secondary N) is 1. The molecule has 2 saturated heterocycles. The summed E-state index contributed by atoms with van der Waals surface area (Å²) in [6, 6.07) is 9.57. The van der Waals surface area contributed by atoms with Gasteiger partial charge in [0.1, 0.15) is 6.04 Å². The lowest BCUT2D eigenvalue weighted by molar-refractivity contribution is -0.135. The summed E-state index contributed by atoms with van der Waals surface area (Å²) in [6.07, 6.45) is 2.49. The number of hydrogen-bond acceptors (Lipinski definition) is 3. The van der Waals surface area contributed by atoms with Crippen molar-refractivity contribution < 1.29 is 9.59 Å². The van der Waals surface area contributed by atoms with Crippen LogP contribution in [0.4, 0.5) is 0 Å². The molecule has 2 fully saturated rings. The van der Waals surface area contributed by atoms with E-state index in [1.807, 2.05) is 47.2 Å². The topological polar surface area (TPSA) is 52.7 Å². The summed E-state index contributed by atoms with van der Waals surface area (Å²) >= 11 is 0. The number of carbonyl (C=O) groups is 2. The second-order valence-corrected chi connectivity index (χ2v) is 8.30. The normalized spacial score (nSPS) is 20.8. The van der Waals surface area contributed by atoms with Crippen molar-refractivity contribution in [1.29, 1.82) is 0 Å². The van der Waals surface area contributed by atoms with E-state index in [0.717, 1.165) is 44.6 Å². The molecule has 26 heavy (non-hydrogen) atoms. The van der Waals surface area contributed by atoms with Gasteiger partial charge in [-0.1, -0.05) is 44.2 Å². The summed E-state index contributed by atoms with van der Waals surface area (Å²) in [5.41, 5.74) is 1.07. The number of benzene rings is 1. The molecule has 2 heterocycles. The van der Waals surface area contributed by atoms with Gasteiger partial charge in [-0.25, -0.2) is 0 Å². The molecule has 1 aromatic carbocycles. The van der Waals surface area contributed by atoms with Crippen LogP contribution < -0.4 is 5.32 Å². The zero-order chi connectivity index (χ0) is 18.7. The zero-order valence-corrected chi connectivity index (χ0v) is 16.2. The molecule has 1 spiro atoms. The smallest absolute Gasteiger partial charge is 0.244 e. The molecule has 5 heteroatoms. The fourth-order valence-electron chi connectivity index (χ4n) is 4.39. The van der Waals surface area contributed by atoms with Gasteiger partial charge < -0.3 is 15.1 Å². The molecular formula is C21H31N3O2. The molecule has 2 amide bonds. The van der Waals surface area contributed by atoms with Crippen molar-refractivity contribution in [2.45, 2.75) is 39.2 Å². The highest BCUT2D eigenvalue weighted by Crippen LogP contribution is 2.41. The molecule has 142 valence electrons. The van der Waals surface area contributed by atoms with Crippen LogP contribution >= 0.6 is 0 Å². The van der Waals surface area contributed by atoms with Crippen LogP contribution in [0, 0.1) is 11.3 Å². The highest BCUT2D eigenvalue weighted by atomic mass is 16.2. The molecule has 1 unspecified atom stereocenters. The van der Waals surface area contributed by atoms with E-state index in [2.05, 4.69) is 19.2 Å². The Labute approximate surface area is 156 Å². The Morgan fingerprint density at radius 1 is 1.19 bits per heavy atom. The first-order valence-electron chi connectivity index (χ1n) is 9.73. The van der Waals surface area contributed by atoms with Crippen molar-refractivity contribution in [2.75, 3.05) is 33.2 Å². The van der Waals surface area contributed by atoms with Gasteiger partial charge in [-0.15, -0.1) is 0 Å². The van der Waals surface area contributed by atoms with E-state index < -0.39 is 0 Å². The molecule has 0 radical (unpaired) electrons. The molecule has 1 atom stereocenters. The first-order chi connectivity index (χ1) is 12.4. The van der Waals surface area contributed by atoms with Gasteiger partial charge in [-0.05, 0) is 31.4 Å². The highest BCUT2D eigenvalue weighted by molar-refractivity contribution is 5.83. The number of likely N-dealkylation sites (tertiary alicyclic amines) is 2. The third kappa shape index (κ3) is 3.93. The first-order valence-corrected chi connectivity index (χ1v) is 9.73. The average Bonchev–Trinajstić information content (AvgIpc) is 2.91. The summed E-state index contributed by atoms with van der Waals surface area (Å²) in [5.74, 6) is 0.922. The highest BCUT2D eigenvalue weighted by Gasteiger charge is 2.45. The number of rotatable bonds is 5. The van der Waals surface area contributed by atoms with Gasteiger partial charge in [0.05, 0.1) is 0 Å². The minimum Gasteiger partial charge on any atom is -0.342 e. The van der Waals surface area contributed by atoms with Crippen molar-refractivity contribution in [1.82, 2.24) is 15.1 Å².